The van der Waals surface area contributed by atoms with Crippen molar-refractivity contribution >= 4 is 28.9 Å². The SMILES string of the molecule is CC(C)[C@H](C)C(=O)O[C@H]1[C@@H](O)[C@H](c2c[nH]c3c(N=[N+]=[N-])ncnc23)N(C(=O)OC(C)(C)C)[C@@H]1COC(c1ccccc1)(c1ccccc1)c1ccccc1. The third-order valence-electron chi connectivity index (χ3n) is 9.87. The van der Waals surface area contributed by atoms with Gasteiger partial charge in [0.25, 0.3) is 0 Å². The number of rotatable bonds is 11. The minimum absolute atomic E-state index is 0.0389. The minimum atomic E-state index is -1.47. The fraction of sp³-hybridized carbons (Fsp3) is 0.366. The van der Waals surface area contributed by atoms with Crippen LogP contribution in [0.1, 0.15) is 69.8 Å². The number of hydrogen-bond acceptors (Lipinski definition) is 9. The second kappa shape index (κ2) is 15.7. The molecule has 3 heterocycles. The molecule has 6 rings (SSSR count). The summed E-state index contributed by atoms with van der Waals surface area (Å²) in [5, 5.41) is 16.1. The largest absolute Gasteiger partial charge is 0.457 e. The van der Waals surface area contributed by atoms with E-state index < -0.39 is 53.5 Å². The third kappa shape index (κ3) is 7.38. The molecule has 1 aliphatic heterocycles. The summed E-state index contributed by atoms with van der Waals surface area (Å²) in [6.07, 6.45) is -0.689. The Morgan fingerprint density at radius 1 is 0.926 bits per heavy atom. The van der Waals surface area contributed by atoms with E-state index in [9.17, 15) is 20.2 Å². The maximum absolute atomic E-state index is 14.5. The van der Waals surface area contributed by atoms with E-state index in [2.05, 4.69) is 25.0 Å². The lowest BCUT2D eigenvalue weighted by Crippen LogP contribution is -2.49. The first-order valence-corrected chi connectivity index (χ1v) is 17.9. The van der Waals surface area contributed by atoms with Crippen LogP contribution in [0.25, 0.3) is 21.5 Å². The molecule has 2 aromatic heterocycles. The predicted molar refractivity (Wildman–Crippen MR) is 202 cm³/mol. The molecule has 0 saturated carbocycles. The molecule has 13 heteroatoms. The number of amides is 1. The summed E-state index contributed by atoms with van der Waals surface area (Å²) in [7, 11) is 0. The Morgan fingerprint density at radius 3 is 1.98 bits per heavy atom. The van der Waals surface area contributed by atoms with Gasteiger partial charge in [0.2, 0.25) is 0 Å². The number of likely N-dealkylation sites (tertiary alicyclic amines) is 1. The molecular formula is C41H45N7O6. The number of hydrogen-bond donors (Lipinski definition) is 2. The molecule has 280 valence electrons. The number of ether oxygens (including phenoxy) is 3. The molecular weight excluding hydrogens is 686 g/mol. The lowest BCUT2D eigenvalue weighted by Gasteiger charge is -2.39. The fourth-order valence-corrected chi connectivity index (χ4v) is 6.94. The van der Waals surface area contributed by atoms with Gasteiger partial charge in [-0.1, -0.05) is 112 Å². The maximum atomic E-state index is 14.5. The van der Waals surface area contributed by atoms with Crippen LogP contribution >= 0.6 is 0 Å². The van der Waals surface area contributed by atoms with E-state index in [1.54, 1.807) is 33.9 Å². The van der Waals surface area contributed by atoms with E-state index in [1.165, 1.54) is 11.2 Å². The van der Waals surface area contributed by atoms with Crippen LogP contribution in [-0.2, 0) is 24.6 Å². The van der Waals surface area contributed by atoms with Crippen LogP contribution in [0.4, 0.5) is 10.6 Å². The Balaban J connectivity index is 1.55. The summed E-state index contributed by atoms with van der Waals surface area (Å²) < 4.78 is 19.4. The number of H-pyrrole nitrogens is 1. The van der Waals surface area contributed by atoms with Gasteiger partial charge >= 0.3 is 12.1 Å². The highest BCUT2D eigenvalue weighted by Crippen LogP contribution is 2.46. The number of azide groups is 1. The van der Waals surface area contributed by atoms with Crippen LogP contribution in [0.15, 0.2) is 109 Å². The van der Waals surface area contributed by atoms with Crippen LogP contribution in [0.3, 0.4) is 0 Å². The van der Waals surface area contributed by atoms with Crippen LogP contribution in [0.5, 0.6) is 0 Å². The third-order valence-corrected chi connectivity index (χ3v) is 9.87. The second-order valence-electron chi connectivity index (χ2n) is 14.8. The van der Waals surface area contributed by atoms with Crippen molar-refractivity contribution in [2.45, 2.75) is 77.0 Å². The van der Waals surface area contributed by atoms with Gasteiger partial charge in [-0.2, -0.15) is 0 Å². The highest BCUT2D eigenvalue weighted by molar-refractivity contribution is 5.88. The number of benzene rings is 3. The van der Waals surface area contributed by atoms with Gasteiger partial charge in [-0.15, -0.1) is 0 Å². The van der Waals surface area contributed by atoms with Gasteiger partial charge in [-0.25, -0.2) is 14.8 Å². The van der Waals surface area contributed by atoms with Gasteiger partial charge in [-0.3, -0.25) is 9.69 Å². The smallest absolute Gasteiger partial charge is 0.411 e. The highest BCUT2D eigenvalue weighted by Gasteiger charge is 2.56. The van der Waals surface area contributed by atoms with Crippen molar-refractivity contribution < 1.29 is 28.9 Å². The van der Waals surface area contributed by atoms with Crippen molar-refractivity contribution in [2.24, 2.45) is 17.0 Å². The zero-order valence-electron chi connectivity index (χ0n) is 31.2. The van der Waals surface area contributed by atoms with E-state index >= 15 is 0 Å². The molecule has 1 fully saturated rings. The Kier molecular flexibility index (Phi) is 11.0. The van der Waals surface area contributed by atoms with Crippen LogP contribution in [0.2, 0.25) is 0 Å². The monoisotopic (exact) mass is 731 g/mol. The van der Waals surface area contributed by atoms with Gasteiger partial charge in [0.1, 0.15) is 23.6 Å². The summed E-state index contributed by atoms with van der Waals surface area (Å²) in [6, 6.07) is 27.0. The summed E-state index contributed by atoms with van der Waals surface area (Å²) in [6.45, 7) is 10.6. The number of carbonyl (C=O) groups is 2. The molecule has 0 radical (unpaired) electrons. The maximum Gasteiger partial charge on any atom is 0.411 e. The molecule has 5 aromatic rings. The zero-order chi connectivity index (χ0) is 38.6. The lowest BCUT2D eigenvalue weighted by molar-refractivity contribution is -0.162. The Bertz CT molecular complexity index is 2020. The summed E-state index contributed by atoms with van der Waals surface area (Å²) in [4.78, 5) is 44.1. The molecule has 0 unspecified atom stereocenters. The second-order valence-corrected chi connectivity index (χ2v) is 14.8. The normalized spacial score (nSPS) is 19.4. The number of fused-ring (bicyclic) bond motifs is 1. The fourth-order valence-electron chi connectivity index (χ4n) is 6.94. The molecule has 2 N–H and O–H groups in total. The van der Waals surface area contributed by atoms with E-state index in [0.29, 0.717) is 16.6 Å². The summed E-state index contributed by atoms with van der Waals surface area (Å²) >= 11 is 0. The molecule has 1 aliphatic rings. The summed E-state index contributed by atoms with van der Waals surface area (Å²) in [5.41, 5.74) is 10.5. The number of aliphatic hydroxyl groups is 1. The minimum Gasteiger partial charge on any atom is -0.457 e. The van der Waals surface area contributed by atoms with Crippen LogP contribution in [0, 0.1) is 11.8 Å². The van der Waals surface area contributed by atoms with E-state index in [4.69, 9.17) is 14.2 Å². The molecule has 0 aliphatic carbocycles. The highest BCUT2D eigenvalue weighted by atomic mass is 16.6. The molecule has 5 atom stereocenters. The van der Waals surface area contributed by atoms with Crippen LogP contribution in [-0.4, -0.2) is 67.5 Å². The first-order chi connectivity index (χ1) is 25.9. The number of esters is 1. The van der Waals surface area contributed by atoms with Gasteiger partial charge in [-0.05, 0) is 54.0 Å². The average molecular weight is 732 g/mol. The molecule has 0 spiro atoms. The topological polar surface area (TPSA) is 176 Å². The number of nitrogens with one attached hydrogen (secondary N) is 1. The number of aromatic nitrogens is 3. The van der Waals surface area contributed by atoms with Gasteiger partial charge in [0, 0.05) is 16.7 Å². The molecule has 3 aromatic carbocycles. The first-order valence-electron chi connectivity index (χ1n) is 17.9. The summed E-state index contributed by atoms with van der Waals surface area (Å²) in [5.74, 6) is -1.07. The molecule has 0 bridgehead atoms. The van der Waals surface area contributed by atoms with Gasteiger partial charge < -0.3 is 24.3 Å². The van der Waals surface area contributed by atoms with Crippen molar-refractivity contribution in [1.29, 1.82) is 0 Å². The van der Waals surface area contributed by atoms with Crippen molar-refractivity contribution in [2.75, 3.05) is 6.61 Å². The predicted octanol–water partition coefficient (Wildman–Crippen LogP) is 8.13. The number of aliphatic hydroxyl groups excluding tert-OH is 1. The quantitative estimate of drug-likeness (QED) is 0.0450. The Hall–Kier alpha value is -5.75. The van der Waals surface area contributed by atoms with Gasteiger partial charge in [0.05, 0.1) is 35.6 Å². The van der Waals surface area contributed by atoms with E-state index in [-0.39, 0.29) is 18.3 Å². The van der Waals surface area contributed by atoms with Crippen molar-refractivity contribution in [3.8, 4) is 0 Å². The molecule has 54 heavy (non-hydrogen) atoms. The lowest BCUT2D eigenvalue weighted by atomic mass is 9.80. The first kappa shape index (κ1) is 38.0. The molecule has 1 saturated heterocycles. The Morgan fingerprint density at radius 2 is 1.48 bits per heavy atom. The standard InChI is InChI=1S/C41H45N7O6/c1-25(2)26(3)38(50)53-36-31(23-52-41(27-16-10-7-11-17-27,28-18-12-8-13-19-28)29-20-14-9-15-21-29)48(39(51)54-40(4,5)6)34(35(36)49)30-22-43-33-32(30)44-24-45-37(33)46-47-42/h7-22,24-26,31,34-36,43,49H,23H2,1-6H3/t26-,31+,34-,35-,36+/m0/s1. The average Bonchev–Trinajstić information content (AvgIpc) is 3.71. The number of carbonyl (C=O) groups excluding carboxylic acids is 2. The van der Waals surface area contributed by atoms with Crippen molar-refractivity contribution in [3.05, 3.63) is 136 Å². The van der Waals surface area contributed by atoms with Gasteiger partial charge in [0.15, 0.2) is 11.9 Å². The van der Waals surface area contributed by atoms with E-state index in [0.717, 1.165) is 16.7 Å². The zero-order valence-corrected chi connectivity index (χ0v) is 31.2. The molecule has 13 nitrogen and oxygen atoms in total. The number of aromatic amines is 1. The number of nitrogens with zero attached hydrogens (tertiary/aromatic N) is 6. The van der Waals surface area contributed by atoms with Crippen molar-refractivity contribution in [1.82, 2.24) is 19.9 Å². The van der Waals surface area contributed by atoms with Crippen molar-refractivity contribution in [3.63, 3.8) is 0 Å². The Labute approximate surface area is 313 Å². The molecule has 1 amide bonds. The van der Waals surface area contributed by atoms with Crippen LogP contribution < -0.4 is 0 Å². The van der Waals surface area contributed by atoms with E-state index in [1.807, 2.05) is 105 Å².